The molecule has 3 aliphatic rings. The third kappa shape index (κ3) is 2.25. The molecule has 5 rings (SSSR count). The van der Waals surface area contributed by atoms with Crippen LogP contribution in [0.2, 0.25) is 0 Å². The maximum Gasteiger partial charge on any atom is 0.283 e. The number of hydrogen-bond acceptors (Lipinski definition) is 4. The highest BCUT2D eigenvalue weighted by Gasteiger charge is 2.63. The summed E-state index contributed by atoms with van der Waals surface area (Å²) in [5.74, 6) is -0.575. The molecule has 29 heavy (non-hydrogen) atoms. The summed E-state index contributed by atoms with van der Waals surface area (Å²) in [5.41, 5.74) is 1.12. The predicted molar refractivity (Wildman–Crippen MR) is 107 cm³/mol. The topological polar surface area (TPSA) is 85.9 Å². The van der Waals surface area contributed by atoms with Gasteiger partial charge in [0.15, 0.2) is 0 Å². The smallest absolute Gasteiger partial charge is 0.283 e. The molecule has 3 aliphatic heterocycles. The Bertz CT molecular complexity index is 1060. The first-order chi connectivity index (χ1) is 13.8. The minimum Gasteiger partial charge on any atom is -0.387 e. The van der Waals surface area contributed by atoms with Crippen LogP contribution in [0.15, 0.2) is 36.5 Å². The zero-order valence-electron chi connectivity index (χ0n) is 16.8. The molecule has 0 saturated carbocycles. The summed E-state index contributed by atoms with van der Waals surface area (Å²) in [7, 11) is 1.38. The number of aliphatic hydroxyl groups excluding tert-OH is 1. The van der Waals surface area contributed by atoms with Crippen LogP contribution in [0.25, 0.3) is 10.9 Å². The number of hydrogen-bond donors (Lipinski definition) is 2. The number of nitrogens with one attached hydrogen (secondary N) is 1. The van der Waals surface area contributed by atoms with E-state index in [1.807, 2.05) is 30.3 Å². The third-order valence-corrected chi connectivity index (χ3v) is 6.73. The average Bonchev–Trinajstić information content (AvgIpc) is 3.24. The van der Waals surface area contributed by atoms with Crippen molar-refractivity contribution in [1.82, 2.24) is 14.8 Å². The van der Waals surface area contributed by atoms with Gasteiger partial charge in [0.05, 0.1) is 0 Å². The number of amides is 2. The average molecular weight is 395 g/mol. The number of nitrogens with zero attached hydrogens (tertiary/aromatic N) is 2. The van der Waals surface area contributed by atoms with Crippen LogP contribution in [0, 0.1) is 0 Å². The molecule has 1 aromatic carbocycles. The Morgan fingerprint density at radius 3 is 2.76 bits per heavy atom. The van der Waals surface area contributed by atoms with Crippen molar-refractivity contribution in [2.24, 2.45) is 0 Å². The number of aromatic nitrogens is 1. The molecule has 2 N–H and O–H groups in total. The fraction of sp³-hybridized carbons (Fsp3) is 0.455. The van der Waals surface area contributed by atoms with E-state index in [1.54, 1.807) is 6.20 Å². The van der Waals surface area contributed by atoms with E-state index in [0.717, 1.165) is 22.2 Å². The second kappa shape index (κ2) is 5.93. The number of para-hydroxylation sites is 1. The van der Waals surface area contributed by atoms with Crippen LogP contribution in [-0.4, -0.2) is 63.2 Å². The number of aromatic amines is 1. The van der Waals surface area contributed by atoms with Crippen molar-refractivity contribution in [3.63, 3.8) is 0 Å². The minimum absolute atomic E-state index is 0.191. The van der Waals surface area contributed by atoms with Gasteiger partial charge in [-0.15, -0.1) is 0 Å². The molecule has 0 aliphatic carbocycles. The number of carbonyl (C=O) groups is 2. The summed E-state index contributed by atoms with van der Waals surface area (Å²) in [5, 5.41) is 11.6. The van der Waals surface area contributed by atoms with Crippen molar-refractivity contribution in [1.29, 1.82) is 0 Å². The van der Waals surface area contributed by atoms with E-state index in [4.69, 9.17) is 4.74 Å². The summed E-state index contributed by atoms with van der Waals surface area (Å²) < 4.78 is 5.52. The fourth-order valence-electron chi connectivity index (χ4n) is 5.15. The number of benzene rings is 1. The highest BCUT2D eigenvalue weighted by atomic mass is 16.5. The van der Waals surface area contributed by atoms with Crippen LogP contribution in [-0.2, 0) is 26.2 Å². The molecule has 2 aromatic rings. The van der Waals surface area contributed by atoms with Gasteiger partial charge in [-0.05, 0) is 18.1 Å². The second-order valence-corrected chi connectivity index (χ2v) is 8.69. The molecule has 7 heteroatoms. The van der Waals surface area contributed by atoms with Crippen LogP contribution < -0.4 is 0 Å². The molecule has 4 heterocycles. The van der Waals surface area contributed by atoms with Gasteiger partial charge < -0.3 is 24.6 Å². The molecule has 1 aromatic heterocycles. The number of fused-ring (bicyclic) bond motifs is 5. The molecular formula is C22H25N3O4. The molecule has 0 unspecified atom stereocenters. The van der Waals surface area contributed by atoms with E-state index in [0.29, 0.717) is 19.4 Å². The van der Waals surface area contributed by atoms with Crippen LogP contribution in [0.4, 0.5) is 0 Å². The first-order valence-electron chi connectivity index (χ1n) is 9.98. The molecule has 0 spiro atoms. The van der Waals surface area contributed by atoms with Crippen LogP contribution in [0.5, 0.6) is 0 Å². The van der Waals surface area contributed by atoms with E-state index in [2.05, 4.69) is 18.8 Å². The van der Waals surface area contributed by atoms with Gasteiger partial charge in [0.25, 0.3) is 11.6 Å². The van der Waals surface area contributed by atoms with Crippen molar-refractivity contribution in [2.45, 2.75) is 50.0 Å². The maximum absolute atomic E-state index is 13.5. The fourth-order valence-corrected chi connectivity index (χ4v) is 5.15. The van der Waals surface area contributed by atoms with Gasteiger partial charge in [0, 0.05) is 48.3 Å². The summed E-state index contributed by atoms with van der Waals surface area (Å²) in [6.07, 6.45) is 3.32. The van der Waals surface area contributed by atoms with E-state index in [9.17, 15) is 14.7 Å². The summed E-state index contributed by atoms with van der Waals surface area (Å²) >= 11 is 0. The Morgan fingerprint density at radius 2 is 2.00 bits per heavy atom. The summed E-state index contributed by atoms with van der Waals surface area (Å²) in [6.45, 7) is 4.47. The van der Waals surface area contributed by atoms with E-state index in [1.165, 1.54) is 16.9 Å². The predicted octanol–water partition coefficient (Wildman–Crippen LogP) is 1.66. The molecule has 2 fully saturated rings. The number of piperazine rings is 1. The van der Waals surface area contributed by atoms with E-state index < -0.39 is 17.9 Å². The van der Waals surface area contributed by atoms with Gasteiger partial charge in [-0.2, -0.15) is 0 Å². The van der Waals surface area contributed by atoms with Crippen molar-refractivity contribution >= 4 is 22.7 Å². The van der Waals surface area contributed by atoms with Gasteiger partial charge in [0.2, 0.25) is 5.91 Å². The highest BCUT2D eigenvalue weighted by molar-refractivity contribution is 6.01. The molecule has 0 radical (unpaired) electrons. The van der Waals surface area contributed by atoms with Gasteiger partial charge in [-0.25, -0.2) is 0 Å². The Balaban J connectivity index is 1.69. The zero-order valence-corrected chi connectivity index (χ0v) is 16.8. The molecular weight excluding hydrogens is 370 g/mol. The second-order valence-electron chi connectivity index (χ2n) is 8.69. The number of aliphatic hydroxyl groups is 1. The maximum atomic E-state index is 13.5. The van der Waals surface area contributed by atoms with E-state index in [-0.39, 0.29) is 17.2 Å². The normalized spacial score (nSPS) is 30.8. The van der Waals surface area contributed by atoms with E-state index >= 15 is 0 Å². The first kappa shape index (κ1) is 18.4. The van der Waals surface area contributed by atoms with Gasteiger partial charge in [-0.3, -0.25) is 9.59 Å². The van der Waals surface area contributed by atoms with Gasteiger partial charge in [0.1, 0.15) is 12.1 Å². The third-order valence-electron chi connectivity index (χ3n) is 6.73. The van der Waals surface area contributed by atoms with Crippen molar-refractivity contribution in [3.05, 3.63) is 47.8 Å². The molecule has 0 bridgehead atoms. The van der Waals surface area contributed by atoms with Crippen LogP contribution in [0.3, 0.4) is 0 Å². The number of ether oxygens (including phenoxy) is 1. The summed E-state index contributed by atoms with van der Waals surface area (Å²) in [6, 6.07) is 7.37. The van der Waals surface area contributed by atoms with Crippen molar-refractivity contribution in [2.75, 3.05) is 13.7 Å². The van der Waals surface area contributed by atoms with Crippen molar-refractivity contribution < 1.29 is 19.4 Å². The van der Waals surface area contributed by atoms with Gasteiger partial charge in [-0.1, -0.05) is 38.1 Å². The monoisotopic (exact) mass is 395 g/mol. The Labute approximate surface area is 168 Å². The Hall–Kier alpha value is -2.64. The molecule has 3 atom stereocenters. The lowest BCUT2D eigenvalue weighted by Crippen LogP contribution is -2.72. The van der Waals surface area contributed by atoms with Crippen molar-refractivity contribution in [3.8, 4) is 0 Å². The lowest BCUT2D eigenvalue weighted by molar-refractivity contribution is -0.210. The number of H-pyrrole nitrogens is 1. The standard InChI is InChI=1S/C22H25N3O4/c1-21(2)9-11-24-16(12-14-13-6-4-5-7-15(13)23-18(14)21)19(27)25-10-8-17(26)22(25,29-3)20(24)28/h4-7,9,11,16-17,23,26H,8,10,12H2,1-3H3/t16-,17-,22-/m0/s1. The molecule has 2 saturated heterocycles. The van der Waals surface area contributed by atoms with Gasteiger partial charge >= 0.3 is 0 Å². The molecule has 152 valence electrons. The SMILES string of the molecule is CO[C@@]12C(=O)N3C=CC(C)(C)c4[nH]c5ccccc5c4C[C@H]3C(=O)N1CC[C@@H]2O. The number of carbonyl (C=O) groups excluding carboxylic acids is 2. The number of rotatable bonds is 1. The number of methoxy groups -OCH3 is 1. The van der Waals surface area contributed by atoms with Crippen LogP contribution in [0.1, 0.15) is 31.5 Å². The molecule has 7 nitrogen and oxygen atoms in total. The largest absolute Gasteiger partial charge is 0.387 e. The Morgan fingerprint density at radius 1 is 1.24 bits per heavy atom. The number of allylic oxidation sites excluding steroid dienone is 1. The first-order valence-corrected chi connectivity index (χ1v) is 9.98. The lowest BCUT2D eigenvalue weighted by atomic mass is 9.82. The highest BCUT2D eigenvalue weighted by Crippen LogP contribution is 2.42. The quantitative estimate of drug-likeness (QED) is 0.769. The zero-order chi connectivity index (χ0) is 20.6. The minimum atomic E-state index is -1.63. The Kier molecular flexibility index (Phi) is 3.76. The lowest BCUT2D eigenvalue weighted by Gasteiger charge is -2.48. The summed E-state index contributed by atoms with van der Waals surface area (Å²) in [4.78, 5) is 33.4. The van der Waals surface area contributed by atoms with Crippen LogP contribution >= 0.6 is 0 Å². The molecule has 2 amide bonds.